The third-order valence-electron chi connectivity index (χ3n) is 13.9. The Kier molecular flexibility index (Phi) is 13.8. The van der Waals surface area contributed by atoms with E-state index in [4.69, 9.17) is 38.4 Å². The number of nitrogens with two attached hydrogens (primary N) is 1. The van der Waals surface area contributed by atoms with Gasteiger partial charge in [-0.05, 0) is 150 Å². The number of piperidine rings is 2. The second kappa shape index (κ2) is 19.2. The number of hydrogen-bond acceptors (Lipinski definition) is 13. The number of fused-ring (bicyclic) bond motifs is 2. The Labute approximate surface area is 395 Å². The number of nitrogens with zero attached hydrogens (tertiary/aromatic N) is 7. The van der Waals surface area contributed by atoms with Crippen molar-refractivity contribution in [3.05, 3.63) is 104 Å². The average molecular weight is 972 g/mol. The van der Waals surface area contributed by atoms with Gasteiger partial charge in [0.2, 0.25) is 0 Å². The van der Waals surface area contributed by atoms with E-state index in [1.165, 1.54) is 81.4 Å². The van der Waals surface area contributed by atoms with E-state index in [9.17, 15) is 18.9 Å². The van der Waals surface area contributed by atoms with E-state index >= 15 is 0 Å². The van der Waals surface area contributed by atoms with Crippen LogP contribution in [0.25, 0.3) is 23.1 Å². The van der Waals surface area contributed by atoms with Crippen LogP contribution in [0, 0.1) is 44.4 Å². The van der Waals surface area contributed by atoms with Gasteiger partial charge in [0, 0.05) is 56.1 Å². The Balaban J connectivity index is 0.000000175. The smallest absolute Gasteiger partial charge is 0.261 e. The average Bonchev–Trinajstić information content (AvgIpc) is 4.18. The molecule has 2 aliphatic heterocycles. The number of likely N-dealkylation sites (tertiary alicyclic amines) is 2. The van der Waals surface area contributed by atoms with Gasteiger partial charge in [0.1, 0.15) is 47.8 Å². The minimum atomic E-state index is -1.05. The number of benzene rings is 3. The maximum atomic E-state index is 13.5. The summed E-state index contributed by atoms with van der Waals surface area (Å²) in [6.07, 6.45) is 12.6. The predicted molar refractivity (Wildman–Crippen MR) is 244 cm³/mol. The van der Waals surface area contributed by atoms with Gasteiger partial charge < -0.3 is 35.6 Å². The Bertz CT molecular complexity index is 2710. The summed E-state index contributed by atoms with van der Waals surface area (Å²) in [6.45, 7) is 5.72. The molecule has 19 heteroatoms. The Morgan fingerprint density at radius 1 is 0.800 bits per heavy atom. The first-order valence-corrected chi connectivity index (χ1v) is 22.3. The number of nitrogens with one attached hydrogen (secondary N) is 2. The van der Waals surface area contributed by atoms with Crippen LogP contribution in [0.4, 0.5) is 37.5 Å². The van der Waals surface area contributed by atoms with Gasteiger partial charge in [-0.2, -0.15) is 0 Å². The van der Waals surface area contributed by atoms with Crippen molar-refractivity contribution < 1.29 is 40.2 Å². The molecule has 2 spiro atoms. The maximum Gasteiger partial charge on any atom is 0.261 e. The summed E-state index contributed by atoms with van der Waals surface area (Å²) in [6, 6.07) is 11.3. The zero-order valence-electron chi connectivity index (χ0n) is 35.9. The second-order valence-electron chi connectivity index (χ2n) is 18.0. The number of halogens is 4. The number of ether oxygens (including phenoxy) is 2. The standard InChI is InChI=1S/C23H25ClFN5O3.C23H25ClFN5O.Fe/c1-29-6-4-23(5-7-29)11-14(23)12-33-21-10-19-16(9-20(21)30(31)32)22(27-13-26-19)28-15-2-3-18(25)17(24)8-15;1-30-6-4-23(5-7-30)11-14(23)12-31-21-10-20-16(9-19(21)26)22(28-13-27-20)29-15-2-3-18(25)17(24)8-15;/h2-3,8-10,13-14,20-21H,4-7,11-12H2,1H3,(H,26,27,28);2-3,8-10,13-14H,4-7,11-12,26H2,1H3,(H,27,28,29);. The van der Waals surface area contributed by atoms with Crippen molar-refractivity contribution in [1.82, 2.24) is 29.7 Å². The third kappa shape index (κ3) is 10.3. The van der Waals surface area contributed by atoms with Crippen molar-refractivity contribution in [2.24, 2.45) is 22.7 Å². The summed E-state index contributed by atoms with van der Waals surface area (Å²) >= 11 is 11.7. The molecule has 3 aromatic carbocycles. The summed E-state index contributed by atoms with van der Waals surface area (Å²) in [5.41, 5.74) is 9.53. The van der Waals surface area contributed by atoms with E-state index < -0.39 is 23.8 Å². The zero-order valence-corrected chi connectivity index (χ0v) is 38.5. The first kappa shape index (κ1) is 46.8. The molecule has 4 fully saturated rings. The molecule has 4 unspecified atom stereocenters. The summed E-state index contributed by atoms with van der Waals surface area (Å²) in [4.78, 5) is 33.5. The molecule has 0 amide bonds. The Hall–Kier alpha value is -4.74. The molecule has 5 aromatic rings. The third-order valence-corrected chi connectivity index (χ3v) is 14.5. The molecule has 3 aliphatic carbocycles. The molecule has 344 valence electrons. The summed E-state index contributed by atoms with van der Waals surface area (Å²) in [7, 11) is 4.33. The zero-order chi connectivity index (χ0) is 44.8. The minimum absolute atomic E-state index is 0. The summed E-state index contributed by atoms with van der Waals surface area (Å²) in [5.74, 6) is 1.66. The van der Waals surface area contributed by atoms with Crippen LogP contribution in [0.5, 0.6) is 5.75 Å². The van der Waals surface area contributed by atoms with Crippen molar-refractivity contribution in [2.45, 2.75) is 50.7 Å². The number of nitrogen functional groups attached to an aromatic ring is 1. The fraction of sp³-hybridized carbons (Fsp3) is 0.435. The van der Waals surface area contributed by atoms with Crippen LogP contribution < -0.4 is 31.7 Å². The van der Waals surface area contributed by atoms with Crippen molar-refractivity contribution in [3.63, 3.8) is 0 Å². The fourth-order valence-electron chi connectivity index (χ4n) is 9.50. The molecule has 65 heavy (non-hydrogen) atoms. The molecule has 10 rings (SSSR count). The number of anilines is 5. The van der Waals surface area contributed by atoms with Gasteiger partial charge in [-0.15, -0.1) is 0 Å². The Morgan fingerprint density at radius 2 is 1.35 bits per heavy atom. The van der Waals surface area contributed by atoms with E-state index in [1.807, 2.05) is 12.1 Å². The SMILES string of the molecule is CN1CCC2(CC1)CC2COC1C=c2ncnc(Nc3ccc(F)c(Cl)c3)c2=CC1[N+](=O)[O-].CN1CCC2(CC1)CC2COc1cc2ncnc(Nc3ccc(F)c(Cl)c3)c2cc1N.[Fe]. The molecule has 2 aromatic heterocycles. The van der Waals surface area contributed by atoms with Crippen LogP contribution in [0.1, 0.15) is 38.5 Å². The van der Waals surface area contributed by atoms with Crippen molar-refractivity contribution in [1.29, 1.82) is 0 Å². The van der Waals surface area contributed by atoms with Crippen LogP contribution in [0.15, 0.2) is 61.2 Å². The number of nitro groups is 1. The molecule has 4 atom stereocenters. The molecule has 0 bridgehead atoms. The maximum absolute atomic E-state index is 13.5. The molecule has 4 heterocycles. The van der Waals surface area contributed by atoms with E-state index in [1.54, 1.807) is 12.1 Å². The normalized spacial score (nSPS) is 22.6. The minimum Gasteiger partial charge on any atom is -0.491 e. The predicted octanol–water partition coefficient (Wildman–Crippen LogP) is 7.21. The van der Waals surface area contributed by atoms with Crippen LogP contribution in [0.3, 0.4) is 0 Å². The summed E-state index contributed by atoms with van der Waals surface area (Å²) < 4.78 is 39.1. The van der Waals surface area contributed by atoms with Crippen molar-refractivity contribution in [3.8, 4) is 5.75 Å². The monoisotopic (exact) mass is 970 g/mol. The first-order valence-electron chi connectivity index (χ1n) is 21.6. The largest absolute Gasteiger partial charge is 0.491 e. The van der Waals surface area contributed by atoms with Gasteiger partial charge in [-0.1, -0.05) is 23.2 Å². The topological polar surface area (TPSA) is 170 Å². The number of hydrogen-bond donors (Lipinski definition) is 3. The van der Waals surface area contributed by atoms with Crippen LogP contribution >= 0.6 is 23.2 Å². The second-order valence-corrected chi connectivity index (χ2v) is 18.8. The van der Waals surface area contributed by atoms with E-state index in [2.05, 4.69) is 54.5 Å². The molecule has 4 N–H and O–H groups in total. The molecular weight excluding hydrogens is 921 g/mol. The van der Waals surface area contributed by atoms with Crippen LogP contribution in [0.2, 0.25) is 10.0 Å². The van der Waals surface area contributed by atoms with Gasteiger partial charge in [0.25, 0.3) is 6.04 Å². The van der Waals surface area contributed by atoms with E-state index in [0.717, 1.165) is 43.3 Å². The molecule has 2 saturated carbocycles. The summed E-state index contributed by atoms with van der Waals surface area (Å²) in [5, 5.41) is 19.9. The van der Waals surface area contributed by atoms with Gasteiger partial charge in [0.15, 0.2) is 0 Å². The first-order chi connectivity index (χ1) is 30.8. The quantitative estimate of drug-likeness (QED) is 0.0526. The van der Waals surface area contributed by atoms with Gasteiger partial charge in [-0.3, -0.25) is 10.1 Å². The number of aromatic nitrogens is 4. The Morgan fingerprint density at radius 3 is 1.94 bits per heavy atom. The fourth-order valence-corrected chi connectivity index (χ4v) is 9.87. The van der Waals surface area contributed by atoms with Crippen LogP contribution in [-0.2, 0) is 21.8 Å². The molecule has 2 saturated heterocycles. The van der Waals surface area contributed by atoms with Gasteiger partial charge in [-0.25, -0.2) is 28.7 Å². The van der Waals surface area contributed by atoms with Crippen molar-refractivity contribution in [2.75, 3.05) is 69.9 Å². The van der Waals surface area contributed by atoms with E-state index in [0.29, 0.717) is 80.9 Å². The molecule has 14 nitrogen and oxygen atoms in total. The number of rotatable bonds is 11. The molecule has 5 aliphatic rings. The molecular formula is C46H50Cl2F2FeN10O4. The van der Waals surface area contributed by atoms with E-state index in [-0.39, 0.29) is 32.0 Å². The van der Waals surface area contributed by atoms with Gasteiger partial charge >= 0.3 is 0 Å². The van der Waals surface area contributed by atoms with Crippen molar-refractivity contribution >= 4 is 75.0 Å². The molecule has 0 radical (unpaired) electrons. The van der Waals surface area contributed by atoms with Crippen LogP contribution in [-0.4, -0.2) is 100 Å². The van der Waals surface area contributed by atoms with Gasteiger partial charge in [0.05, 0.1) is 39.8 Å².